The van der Waals surface area contributed by atoms with Gasteiger partial charge in [0.15, 0.2) is 0 Å². The third-order valence-corrected chi connectivity index (χ3v) is 5.12. The number of halogens is 2. The van der Waals surface area contributed by atoms with E-state index in [4.69, 9.17) is 27.9 Å². The molecule has 0 spiro atoms. The number of hydrogen-bond acceptors (Lipinski definition) is 3. The average molecular weight is 393 g/mol. The van der Waals surface area contributed by atoms with Crippen LogP contribution in [0.1, 0.15) is 28.8 Å². The lowest BCUT2D eigenvalue weighted by Crippen LogP contribution is -2.28. The molecular weight excluding hydrogens is 371 g/mol. The SMILES string of the molecule is CN(Cc1ccc(NC(=O)c2ccc(Cl)c(Cl)c2)cc1)C[C@@H]1CCCO1. The maximum Gasteiger partial charge on any atom is 0.255 e. The van der Waals surface area contributed by atoms with E-state index in [0.29, 0.717) is 21.7 Å². The highest BCUT2D eigenvalue weighted by molar-refractivity contribution is 6.42. The summed E-state index contributed by atoms with van der Waals surface area (Å²) >= 11 is 11.8. The van der Waals surface area contributed by atoms with Crippen molar-refractivity contribution in [3.63, 3.8) is 0 Å². The minimum absolute atomic E-state index is 0.216. The number of carbonyl (C=O) groups is 1. The number of ether oxygens (including phenoxy) is 1. The molecule has 138 valence electrons. The van der Waals surface area contributed by atoms with Gasteiger partial charge in [0.25, 0.3) is 5.91 Å². The van der Waals surface area contributed by atoms with E-state index in [1.807, 2.05) is 24.3 Å². The van der Waals surface area contributed by atoms with Crippen molar-refractivity contribution in [1.82, 2.24) is 4.90 Å². The van der Waals surface area contributed by atoms with Gasteiger partial charge >= 0.3 is 0 Å². The van der Waals surface area contributed by atoms with Crippen LogP contribution in [0.5, 0.6) is 0 Å². The van der Waals surface area contributed by atoms with Gasteiger partial charge in [0, 0.05) is 30.9 Å². The van der Waals surface area contributed by atoms with E-state index in [2.05, 4.69) is 17.3 Å². The monoisotopic (exact) mass is 392 g/mol. The molecule has 26 heavy (non-hydrogen) atoms. The van der Waals surface area contributed by atoms with Crippen molar-refractivity contribution in [3.8, 4) is 0 Å². The second-order valence-electron chi connectivity index (χ2n) is 6.61. The van der Waals surface area contributed by atoms with Crippen LogP contribution < -0.4 is 5.32 Å². The highest BCUT2D eigenvalue weighted by Crippen LogP contribution is 2.23. The normalized spacial score (nSPS) is 16.8. The Kier molecular flexibility index (Phi) is 6.54. The predicted molar refractivity (Wildman–Crippen MR) is 106 cm³/mol. The molecule has 6 heteroatoms. The molecule has 1 saturated heterocycles. The lowest BCUT2D eigenvalue weighted by Gasteiger charge is -2.20. The predicted octanol–water partition coefficient (Wildman–Crippen LogP) is 4.86. The third-order valence-electron chi connectivity index (χ3n) is 4.39. The molecule has 1 heterocycles. The van der Waals surface area contributed by atoms with Crippen LogP contribution in [-0.2, 0) is 11.3 Å². The van der Waals surface area contributed by atoms with Gasteiger partial charge in [0.05, 0.1) is 16.1 Å². The Morgan fingerprint density at radius 3 is 2.62 bits per heavy atom. The van der Waals surface area contributed by atoms with Crippen LogP contribution in [0.2, 0.25) is 10.0 Å². The maximum atomic E-state index is 12.3. The number of rotatable bonds is 6. The standard InChI is InChI=1S/C20H22Cl2N2O2/c1-24(13-17-3-2-10-26-17)12-14-4-7-16(8-5-14)23-20(25)15-6-9-18(21)19(22)11-15/h4-9,11,17H,2-3,10,12-13H2,1H3,(H,23,25)/t17-/m0/s1. The number of nitrogens with one attached hydrogen (secondary N) is 1. The van der Waals surface area contributed by atoms with Crippen LogP contribution in [0.3, 0.4) is 0 Å². The van der Waals surface area contributed by atoms with Crippen LogP contribution in [0.4, 0.5) is 5.69 Å². The van der Waals surface area contributed by atoms with Crippen molar-refractivity contribution in [2.45, 2.75) is 25.5 Å². The first-order chi connectivity index (χ1) is 12.5. The molecule has 0 radical (unpaired) electrons. The molecular formula is C20H22Cl2N2O2. The summed E-state index contributed by atoms with van der Waals surface area (Å²) < 4.78 is 5.68. The molecule has 0 aliphatic carbocycles. The summed E-state index contributed by atoms with van der Waals surface area (Å²) in [6.45, 7) is 2.67. The van der Waals surface area contributed by atoms with E-state index in [-0.39, 0.29) is 5.91 Å². The summed E-state index contributed by atoms with van der Waals surface area (Å²) in [4.78, 5) is 14.6. The quantitative estimate of drug-likeness (QED) is 0.763. The molecule has 0 aromatic heterocycles. The minimum atomic E-state index is -0.216. The van der Waals surface area contributed by atoms with Crippen molar-refractivity contribution < 1.29 is 9.53 Å². The summed E-state index contributed by atoms with van der Waals surface area (Å²) in [5.74, 6) is -0.216. The van der Waals surface area contributed by atoms with Gasteiger partial charge < -0.3 is 10.1 Å². The van der Waals surface area contributed by atoms with Gasteiger partial charge in [0.1, 0.15) is 0 Å². The number of hydrogen-bond donors (Lipinski definition) is 1. The zero-order valence-corrected chi connectivity index (χ0v) is 16.2. The number of amides is 1. The van der Waals surface area contributed by atoms with Gasteiger partial charge in [-0.15, -0.1) is 0 Å². The zero-order chi connectivity index (χ0) is 18.5. The molecule has 2 aromatic rings. The minimum Gasteiger partial charge on any atom is -0.377 e. The lowest BCUT2D eigenvalue weighted by molar-refractivity contribution is 0.0793. The third kappa shape index (κ3) is 5.21. The average Bonchev–Trinajstić information content (AvgIpc) is 3.12. The van der Waals surface area contributed by atoms with E-state index in [9.17, 15) is 4.79 Å². The first kappa shape index (κ1) is 19.2. The van der Waals surface area contributed by atoms with Crippen LogP contribution in [0, 0.1) is 0 Å². The Morgan fingerprint density at radius 2 is 1.96 bits per heavy atom. The Morgan fingerprint density at radius 1 is 1.19 bits per heavy atom. The van der Waals surface area contributed by atoms with Crippen LogP contribution in [-0.4, -0.2) is 37.1 Å². The molecule has 1 fully saturated rings. The highest BCUT2D eigenvalue weighted by atomic mass is 35.5. The fraction of sp³-hybridized carbons (Fsp3) is 0.350. The van der Waals surface area contributed by atoms with E-state index in [1.54, 1.807) is 18.2 Å². The van der Waals surface area contributed by atoms with Crippen molar-refractivity contribution in [1.29, 1.82) is 0 Å². The van der Waals surface area contributed by atoms with E-state index in [1.165, 1.54) is 5.56 Å². The van der Waals surface area contributed by atoms with Gasteiger partial charge in [-0.05, 0) is 55.8 Å². The van der Waals surface area contributed by atoms with Gasteiger partial charge in [-0.25, -0.2) is 0 Å². The molecule has 0 unspecified atom stereocenters. The van der Waals surface area contributed by atoms with Crippen LogP contribution >= 0.6 is 23.2 Å². The summed E-state index contributed by atoms with van der Waals surface area (Å²) in [7, 11) is 2.10. The van der Waals surface area contributed by atoms with Crippen molar-refractivity contribution in [3.05, 3.63) is 63.6 Å². The maximum absolute atomic E-state index is 12.3. The second-order valence-corrected chi connectivity index (χ2v) is 7.43. The number of carbonyl (C=O) groups excluding carboxylic acids is 1. The Balaban J connectivity index is 1.55. The smallest absolute Gasteiger partial charge is 0.255 e. The first-order valence-corrected chi connectivity index (χ1v) is 9.42. The highest BCUT2D eigenvalue weighted by Gasteiger charge is 2.17. The molecule has 1 aliphatic rings. The summed E-state index contributed by atoms with van der Waals surface area (Å²) in [5, 5.41) is 3.66. The van der Waals surface area contributed by atoms with Crippen LogP contribution in [0.15, 0.2) is 42.5 Å². The summed E-state index contributed by atoms with van der Waals surface area (Å²) in [6, 6.07) is 12.7. The van der Waals surface area contributed by atoms with E-state index in [0.717, 1.165) is 38.2 Å². The molecule has 2 aromatic carbocycles. The largest absolute Gasteiger partial charge is 0.377 e. The van der Waals surface area contributed by atoms with Crippen molar-refractivity contribution in [2.24, 2.45) is 0 Å². The Hall–Kier alpha value is -1.59. The lowest BCUT2D eigenvalue weighted by atomic mass is 10.1. The number of benzene rings is 2. The fourth-order valence-corrected chi connectivity index (χ4v) is 3.34. The van der Waals surface area contributed by atoms with E-state index < -0.39 is 0 Å². The Bertz CT molecular complexity index is 759. The molecule has 1 N–H and O–H groups in total. The first-order valence-electron chi connectivity index (χ1n) is 8.67. The van der Waals surface area contributed by atoms with Gasteiger partial charge in [-0.1, -0.05) is 35.3 Å². The fourth-order valence-electron chi connectivity index (χ4n) is 3.05. The Labute approximate surface area is 164 Å². The topological polar surface area (TPSA) is 41.6 Å². The van der Waals surface area contributed by atoms with E-state index >= 15 is 0 Å². The number of nitrogens with zero attached hydrogens (tertiary/aromatic N) is 1. The zero-order valence-electron chi connectivity index (χ0n) is 14.7. The molecule has 0 saturated carbocycles. The molecule has 1 aliphatic heterocycles. The summed E-state index contributed by atoms with van der Waals surface area (Å²) in [6.07, 6.45) is 2.65. The summed E-state index contributed by atoms with van der Waals surface area (Å²) in [5.41, 5.74) is 2.41. The van der Waals surface area contributed by atoms with Gasteiger partial charge in [-0.2, -0.15) is 0 Å². The molecule has 3 rings (SSSR count). The number of likely N-dealkylation sites (N-methyl/N-ethyl adjacent to an activating group) is 1. The number of anilines is 1. The van der Waals surface area contributed by atoms with Crippen LogP contribution in [0.25, 0.3) is 0 Å². The molecule has 1 amide bonds. The second kappa shape index (κ2) is 8.87. The van der Waals surface area contributed by atoms with Crippen molar-refractivity contribution >= 4 is 34.8 Å². The molecule has 1 atom stereocenters. The van der Waals surface area contributed by atoms with Crippen molar-refractivity contribution in [2.75, 3.05) is 25.5 Å². The van der Waals surface area contributed by atoms with Gasteiger partial charge in [-0.3, -0.25) is 9.69 Å². The molecule has 0 bridgehead atoms. The van der Waals surface area contributed by atoms with Gasteiger partial charge in [0.2, 0.25) is 0 Å². The molecule has 4 nitrogen and oxygen atoms in total.